The van der Waals surface area contributed by atoms with E-state index in [4.69, 9.17) is 4.74 Å². The second-order valence-electron chi connectivity index (χ2n) is 4.86. The van der Waals surface area contributed by atoms with Crippen LogP contribution in [0, 0.1) is 0 Å². The van der Waals surface area contributed by atoms with Crippen molar-refractivity contribution >= 4 is 11.9 Å². The molecule has 4 nitrogen and oxygen atoms in total. The molecule has 0 aliphatic carbocycles. The second kappa shape index (κ2) is 4.88. The van der Waals surface area contributed by atoms with E-state index in [1.165, 1.54) is 0 Å². The molecular weight excluding hydrogens is 242 g/mol. The van der Waals surface area contributed by atoms with Gasteiger partial charge in [-0.25, -0.2) is 4.79 Å². The summed E-state index contributed by atoms with van der Waals surface area (Å²) in [4.78, 5) is 25.7. The molecule has 2 aliphatic rings. The van der Waals surface area contributed by atoms with Crippen molar-refractivity contribution in [3.8, 4) is 5.75 Å². The van der Waals surface area contributed by atoms with E-state index in [2.05, 4.69) is 0 Å². The molecule has 0 bridgehead atoms. The minimum absolute atomic E-state index is 0.0799. The SMILES string of the molecule is O=C(Oc1ccccc1)C1CCC2CC=CC(=O)N21. The van der Waals surface area contributed by atoms with Crippen molar-refractivity contribution in [1.82, 2.24) is 4.90 Å². The highest BCUT2D eigenvalue weighted by molar-refractivity contribution is 5.93. The maximum absolute atomic E-state index is 12.2. The molecule has 0 N–H and O–H groups in total. The molecule has 2 aliphatic heterocycles. The molecule has 0 aromatic heterocycles. The van der Waals surface area contributed by atoms with Gasteiger partial charge in [0.15, 0.2) is 0 Å². The molecule has 3 rings (SSSR count). The van der Waals surface area contributed by atoms with Crippen molar-refractivity contribution in [2.75, 3.05) is 0 Å². The highest BCUT2D eigenvalue weighted by Crippen LogP contribution is 2.30. The van der Waals surface area contributed by atoms with Crippen molar-refractivity contribution in [2.24, 2.45) is 0 Å². The van der Waals surface area contributed by atoms with Crippen LogP contribution in [0.3, 0.4) is 0 Å². The average molecular weight is 257 g/mol. The summed E-state index contributed by atoms with van der Waals surface area (Å²) in [6, 6.07) is 8.68. The standard InChI is InChI=1S/C15H15NO3/c17-14-8-4-5-11-9-10-13(16(11)14)15(18)19-12-6-2-1-3-7-12/h1-4,6-8,11,13H,5,9-10H2. The summed E-state index contributed by atoms with van der Waals surface area (Å²) in [7, 11) is 0. The van der Waals surface area contributed by atoms with E-state index < -0.39 is 6.04 Å². The van der Waals surface area contributed by atoms with Crippen LogP contribution in [0.2, 0.25) is 0 Å². The molecule has 1 saturated heterocycles. The van der Waals surface area contributed by atoms with Crippen LogP contribution in [0.15, 0.2) is 42.5 Å². The molecule has 1 aromatic rings. The average Bonchev–Trinajstić information content (AvgIpc) is 2.85. The van der Waals surface area contributed by atoms with Crippen LogP contribution < -0.4 is 4.74 Å². The molecule has 2 unspecified atom stereocenters. The molecular formula is C15H15NO3. The summed E-state index contributed by atoms with van der Waals surface area (Å²) in [6.45, 7) is 0. The largest absolute Gasteiger partial charge is 0.425 e. The van der Waals surface area contributed by atoms with Crippen molar-refractivity contribution in [3.63, 3.8) is 0 Å². The fourth-order valence-electron chi connectivity index (χ4n) is 2.76. The summed E-state index contributed by atoms with van der Waals surface area (Å²) in [5.41, 5.74) is 0. The number of benzene rings is 1. The fraction of sp³-hybridized carbons (Fsp3) is 0.333. The lowest BCUT2D eigenvalue weighted by Crippen LogP contribution is -2.46. The van der Waals surface area contributed by atoms with E-state index in [0.717, 1.165) is 12.8 Å². The maximum atomic E-state index is 12.2. The Hall–Kier alpha value is -2.10. The van der Waals surface area contributed by atoms with Gasteiger partial charge in [-0.1, -0.05) is 24.3 Å². The molecule has 0 saturated carbocycles. The van der Waals surface area contributed by atoms with Gasteiger partial charge in [-0.3, -0.25) is 4.79 Å². The molecule has 1 fully saturated rings. The number of carbonyl (C=O) groups excluding carboxylic acids is 2. The number of nitrogens with zero attached hydrogens (tertiary/aromatic N) is 1. The van der Waals surface area contributed by atoms with Gasteiger partial charge in [0.25, 0.3) is 0 Å². The fourth-order valence-corrected chi connectivity index (χ4v) is 2.76. The number of hydrogen-bond acceptors (Lipinski definition) is 3. The van der Waals surface area contributed by atoms with Crippen LogP contribution in [0.1, 0.15) is 19.3 Å². The Morgan fingerprint density at radius 2 is 2.00 bits per heavy atom. The molecule has 98 valence electrons. The lowest BCUT2D eigenvalue weighted by molar-refractivity contribution is -0.145. The normalized spacial score (nSPS) is 25.3. The van der Waals surface area contributed by atoms with Crippen LogP contribution in [-0.2, 0) is 9.59 Å². The highest BCUT2D eigenvalue weighted by Gasteiger charge is 2.41. The van der Waals surface area contributed by atoms with Gasteiger partial charge in [0.05, 0.1) is 0 Å². The number of hydrogen-bond donors (Lipinski definition) is 0. The minimum atomic E-state index is -0.442. The summed E-state index contributed by atoms with van der Waals surface area (Å²) < 4.78 is 5.34. The Kier molecular flexibility index (Phi) is 3.07. The van der Waals surface area contributed by atoms with E-state index >= 15 is 0 Å². The summed E-state index contributed by atoms with van der Waals surface area (Å²) in [5, 5.41) is 0. The van der Waals surface area contributed by atoms with Crippen molar-refractivity contribution in [1.29, 1.82) is 0 Å². The number of rotatable bonds is 2. The zero-order valence-electron chi connectivity index (χ0n) is 10.5. The molecule has 4 heteroatoms. The molecule has 2 heterocycles. The molecule has 19 heavy (non-hydrogen) atoms. The van der Waals surface area contributed by atoms with E-state index in [9.17, 15) is 9.59 Å². The summed E-state index contributed by atoms with van der Waals surface area (Å²) in [6.07, 6.45) is 5.81. The summed E-state index contributed by atoms with van der Waals surface area (Å²) >= 11 is 0. The van der Waals surface area contributed by atoms with Gasteiger partial charge >= 0.3 is 5.97 Å². The third-order valence-electron chi connectivity index (χ3n) is 3.66. The predicted molar refractivity (Wildman–Crippen MR) is 69.5 cm³/mol. The Morgan fingerprint density at radius 1 is 1.21 bits per heavy atom. The molecule has 2 atom stereocenters. The first kappa shape index (κ1) is 12.0. The Balaban J connectivity index is 1.74. The van der Waals surface area contributed by atoms with Crippen LogP contribution in [0.5, 0.6) is 5.75 Å². The van der Waals surface area contributed by atoms with Crippen LogP contribution in [0.4, 0.5) is 0 Å². The van der Waals surface area contributed by atoms with Gasteiger partial charge in [0.2, 0.25) is 5.91 Å². The van der Waals surface area contributed by atoms with E-state index in [-0.39, 0.29) is 17.9 Å². The first-order valence-electron chi connectivity index (χ1n) is 6.51. The van der Waals surface area contributed by atoms with Gasteiger partial charge in [-0.05, 0) is 37.5 Å². The van der Waals surface area contributed by atoms with Gasteiger partial charge < -0.3 is 9.64 Å². The Labute approximate surface area is 111 Å². The zero-order chi connectivity index (χ0) is 13.2. The number of fused-ring (bicyclic) bond motifs is 1. The Morgan fingerprint density at radius 3 is 2.79 bits per heavy atom. The lowest BCUT2D eigenvalue weighted by Gasteiger charge is -2.30. The van der Waals surface area contributed by atoms with Gasteiger partial charge in [0, 0.05) is 6.04 Å². The van der Waals surface area contributed by atoms with E-state index in [1.807, 2.05) is 24.3 Å². The number of amides is 1. The van der Waals surface area contributed by atoms with Crippen molar-refractivity contribution < 1.29 is 14.3 Å². The molecule has 0 spiro atoms. The van der Waals surface area contributed by atoms with Gasteiger partial charge in [-0.2, -0.15) is 0 Å². The molecule has 1 aromatic carbocycles. The first-order chi connectivity index (χ1) is 9.25. The molecule has 0 radical (unpaired) electrons. The number of ether oxygens (including phenoxy) is 1. The topological polar surface area (TPSA) is 46.6 Å². The van der Waals surface area contributed by atoms with Crippen LogP contribution in [0.25, 0.3) is 0 Å². The van der Waals surface area contributed by atoms with Crippen molar-refractivity contribution in [2.45, 2.75) is 31.3 Å². The van der Waals surface area contributed by atoms with E-state index in [1.54, 1.807) is 23.1 Å². The number of carbonyl (C=O) groups is 2. The highest BCUT2D eigenvalue weighted by atomic mass is 16.5. The monoisotopic (exact) mass is 257 g/mol. The second-order valence-corrected chi connectivity index (χ2v) is 4.86. The number of para-hydroxylation sites is 1. The lowest BCUT2D eigenvalue weighted by atomic mass is 10.1. The van der Waals surface area contributed by atoms with Gasteiger partial charge in [-0.15, -0.1) is 0 Å². The zero-order valence-corrected chi connectivity index (χ0v) is 10.5. The van der Waals surface area contributed by atoms with Crippen molar-refractivity contribution in [3.05, 3.63) is 42.5 Å². The quantitative estimate of drug-likeness (QED) is 0.600. The Bertz CT molecular complexity index is 523. The third-order valence-corrected chi connectivity index (χ3v) is 3.66. The maximum Gasteiger partial charge on any atom is 0.334 e. The number of esters is 1. The predicted octanol–water partition coefficient (Wildman–Crippen LogP) is 1.91. The smallest absolute Gasteiger partial charge is 0.334 e. The van der Waals surface area contributed by atoms with Crippen LogP contribution in [-0.4, -0.2) is 28.9 Å². The molecule has 1 amide bonds. The first-order valence-corrected chi connectivity index (χ1v) is 6.51. The van der Waals surface area contributed by atoms with E-state index in [0.29, 0.717) is 12.2 Å². The summed E-state index contributed by atoms with van der Waals surface area (Å²) in [5.74, 6) is 0.108. The third kappa shape index (κ3) is 2.26. The minimum Gasteiger partial charge on any atom is -0.425 e. The van der Waals surface area contributed by atoms with Gasteiger partial charge in [0.1, 0.15) is 11.8 Å². The van der Waals surface area contributed by atoms with Crippen LogP contribution >= 0.6 is 0 Å².